The summed E-state index contributed by atoms with van der Waals surface area (Å²) in [5.41, 5.74) is 5.06. The first-order valence-electron chi connectivity index (χ1n) is 7.08. The quantitative estimate of drug-likeness (QED) is 0.791. The van der Waals surface area contributed by atoms with Crippen molar-refractivity contribution in [3.8, 4) is 6.07 Å². The molecule has 0 unspecified atom stereocenters. The summed E-state index contributed by atoms with van der Waals surface area (Å²) in [5.74, 6) is 0. The maximum atomic E-state index is 9.05. The first-order valence-corrected chi connectivity index (χ1v) is 7.08. The molecule has 1 N–H and O–H groups in total. The van der Waals surface area contributed by atoms with Crippen LogP contribution in [0.4, 0.5) is 11.4 Å². The number of nitrogens with zero attached hydrogens (tertiary/aromatic N) is 3. The lowest BCUT2D eigenvalue weighted by Gasteiger charge is -2.24. The van der Waals surface area contributed by atoms with Gasteiger partial charge in [-0.2, -0.15) is 10.4 Å². The van der Waals surface area contributed by atoms with Crippen molar-refractivity contribution in [2.45, 2.75) is 13.5 Å². The lowest BCUT2D eigenvalue weighted by atomic mass is 10.1. The van der Waals surface area contributed by atoms with E-state index in [2.05, 4.69) is 46.3 Å². The fourth-order valence-corrected chi connectivity index (χ4v) is 2.44. The van der Waals surface area contributed by atoms with Crippen molar-refractivity contribution in [3.05, 3.63) is 77.6 Å². The number of hydrogen-bond acceptors (Lipinski definition) is 3. The number of aryl methyl sites for hydroxylation is 1. The zero-order valence-electron chi connectivity index (χ0n) is 12.3. The lowest BCUT2D eigenvalue weighted by Crippen LogP contribution is -2.16. The van der Waals surface area contributed by atoms with Crippen LogP contribution < -0.4 is 4.90 Å². The van der Waals surface area contributed by atoms with Crippen molar-refractivity contribution < 1.29 is 0 Å². The van der Waals surface area contributed by atoms with E-state index in [-0.39, 0.29) is 0 Å². The number of aromatic amines is 1. The predicted molar refractivity (Wildman–Crippen MR) is 86.8 cm³/mol. The molecular weight excluding hydrogens is 272 g/mol. The van der Waals surface area contributed by atoms with Crippen LogP contribution in [0.25, 0.3) is 0 Å². The van der Waals surface area contributed by atoms with Crippen molar-refractivity contribution in [2.24, 2.45) is 0 Å². The molecule has 0 fully saturated rings. The van der Waals surface area contributed by atoms with Crippen molar-refractivity contribution in [1.82, 2.24) is 10.2 Å². The molecule has 0 bridgehead atoms. The largest absolute Gasteiger partial charge is 0.334 e. The Morgan fingerprint density at radius 3 is 2.73 bits per heavy atom. The van der Waals surface area contributed by atoms with Crippen molar-refractivity contribution in [1.29, 1.82) is 5.26 Å². The zero-order valence-corrected chi connectivity index (χ0v) is 12.3. The average Bonchev–Trinajstić information content (AvgIpc) is 3.07. The molecular formula is C18H16N4. The molecule has 0 spiro atoms. The monoisotopic (exact) mass is 288 g/mol. The van der Waals surface area contributed by atoms with E-state index in [1.807, 2.05) is 36.5 Å². The lowest BCUT2D eigenvalue weighted by molar-refractivity contribution is 0.974. The molecule has 0 saturated heterocycles. The topological polar surface area (TPSA) is 55.7 Å². The number of anilines is 2. The Hall–Kier alpha value is -3.06. The minimum Gasteiger partial charge on any atom is -0.334 e. The van der Waals surface area contributed by atoms with Gasteiger partial charge >= 0.3 is 0 Å². The van der Waals surface area contributed by atoms with E-state index in [0.29, 0.717) is 12.1 Å². The van der Waals surface area contributed by atoms with Crippen molar-refractivity contribution in [2.75, 3.05) is 4.90 Å². The Morgan fingerprint density at radius 1 is 1.14 bits per heavy atom. The molecule has 3 aromatic rings. The highest BCUT2D eigenvalue weighted by molar-refractivity contribution is 5.62. The van der Waals surface area contributed by atoms with E-state index in [9.17, 15) is 0 Å². The van der Waals surface area contributed by atoms with Crippen LogP contribution >= 0.6 is 0 Å². The molecule has 0 saturated carbocycles. The highest BCUT2D eigenvalue weighted by Gasteiger charge is 2.11. The second-order valence-electron chi connectivity index (χ2n) is 5.19. The van der Waals surface area contributed by atoms with E-state index in [0.717, 1.165) is 16.9 Å². The SMILES string of the molecule is Cc1cccc(N(Cc2cccc(C#N)c2)c2cn[nH]c2)c1. The number of nitriles is 1. The summed E-state index contributed by atoms with van der Waals surface area (Å²) in [7, 11) is 0. The van der Waals surface area contributed by atoms with Crippen LogP contribution in [-0.4, -0.2) is 10.2 Å². The first-order chi connectivity index (χ1) is 10.8. The van der Waals surface area contributed by atoms with Crippen LogP contribution in [0.2, 0.25) is 0 Å². The van der Waals surface area contributed by atoms with Gasteiger partial charge in [0.25, 0.3) is 0 Å². The van der Waals surface area contributed by atoms with Gasteiger partial charge < -0.3 is 4.90 Å². The van der Waals surface area contributed by atoms with E-state index < -0.39 is 0 Å². The minimum atomic E-state index is 0.675. The van der Waals surface area contributed by atoms with Crippen molar-refractivity contribution in [3.63, 3.8) is 0 Å². The molecule has 4 nitrogen and oxygen atoms in total. The molecule has 2 aromatic carbocycles. The average molecular weight is 288 g/mol. The standard InChI is InChI=1S/C18H16N4/c1-14-4-2-7-17(8-14)22(18-11-20-21-12-18)13-16-6-3-5-15(9-16)10-19/h2-9,11-12H,13H2,1H3,(H,20,21). The summed E-state index contributed by atoms with van der Waals surface area (Å²) in [6.07, 6.45) is 3.67. The Morgan fingerprint density at radius 2 is 2.00 bits per heavy atom. The van der Waals surface area contributed by atoms with Crippen LogP contribution in [0.5, 0.6) is 0 Å². The van der Waals surface area contributed by atoms with Gasteiger partial charge in [0.1, 0.15) is 0 Å². The second-order valence-corrected chi connectivity index (χ2v) is 5.19. The second kappa shape index (κ2) is 6.15. The van der Waals surface area contributed by atoms with Gasteiger partial charge in [0, 0.05) is 18.4 Å². The predicted octanol–water partition coefficient (Wildman–Crippen LogP) is 3.93. The molecule has 0 aliphatic rings. The normalized spacial score (nSPS) is 10.2. The maximum absolute atomic E-state index is 9.05. The molecule has 0 amide bonds. The van der Waals surface area contributed by atoms with Gasteiger partial charge in [-0.05, 0) is 42.3 Å². The number of aromatic nitrogens is 2. The van der Waals surface area contributed by atoms with Crippen molar-refractivity contribution >= 4 is 11.4 Å². The third-order valence-corrected chi connectivity index (χ3v) is 3.51. The number of H-pyrrole nitrogens is 1. The Kier molecular flexibility index (Phi) is 3.88. The van der Waals surface area contributed by atoms with E-state index >= 15 is 0 Å². The van der Waals surface area contributed by atoms with Gasteiger partial charge in [-0.1, -0.05) is 24.3 Å². The highest BCUT2D eigenvalue weighted by Crippen LogP contribution is 2.27. The van der Waals surface area contributed by atoms with Gasteiger partial charge in [0.15, 0.2) is 0 Å². The molecule has 22 heavy (non-hydrogen) atoms. The molecule has 0 radical (unpaired) electrons. The van der Waals surface area contributed by atoms with E-state index in [1.165, 1.54) is 5.56 Å². The van der Waals surface area contributed by atoms with E-state index in [1.54, 1.807) is 6.20 Å². The number of hydrogen-bond donors (Lipinski definition) is 1. The molecule has 3 rings (SSSR count). The molecule has 1 heterocycles. The number of rotatable bonds is 4. The Balaban J connectivity index is 1.98. The summed E-state index contributed by atoms with van der Waals surface area (Å²) in [6.45, 7) is 2.76. The fraction of sp³-hybridized carbons (Fsp3) is 0.111. The zero-order chi connectivity index (χ0) is 15.4. The molecule has 0 aliphatic carbocycles. The maximum Gasteiger partial charge on any atom is 0.0991 e. The number of nitrogens with one attached hydrogen (secondary N) is 1. The van der Waals surface area contributed by atoms with Gasteiger partial charge in [-0.25, -0.2) is 0 Å². The summed E-state index contributed by atoms with van der Waals surface area (Å²) in [5, 5.41) is 16.0. The highest BCUT2D eigenvalue weighted by atomic mass is 15.2. The summed E-state index contributed by atoms with van der Waals surface area (Å²) in [4.78, 5) is 2.17. The summed E-state index contributed by atoms with van der Waals surface area (Å²) < 4.78 is 0. The molecule has 108 valence electrons. The fourth-order valence-electron chi connectivity index (χ4n) is 2.44. The van der Waals surface area contributed by atoms with E-state index in [4.69, 9.17) is 5.26 Å². The van der Waals surface area contributed by atoms with Crippen LogP contribution in [0.1, 0.15) is 16.7 Å². The van der Waals surface area contributed by atoms with Gasteiger partial charge in [-0.3, -0.25) is 5.10 Å². The van der Waals surface area contributed by atoms with Gasteiger partial charge in [-0.15, -0.1) is 0 Å². The van der Waals surface area contributed by atoms with Crippen LogP contribution in [0.15, 0.2) is 60.9 Å². The molecule has 0 atom stereocenters. The van der Waals surface area contributed by atoms with Crippen LogP contribution in [-0.2, 0) is 6.54 Å². The smallest absolute Gasteiger partial charge is 0.0991 e. The Labute approximate surface area is 129 Å². The van der Waals surface area contributed by atoms with Crippen LogP contribution in [0, 0.1) is 18.3 Å². The third kappa shape index (κ3) is 2.99. The van der Waals surface area contributed by atoms with Crippen LogP contribution in [0.3, 0.4) is 0 Å². The summed E-state index contributed by atoms with van der Waals surface area (Å²) in [6, 6.07) is 18.2. The Bertz CT molecular complexity index is 800. The van der Waals surface area contributed by atoms with Gasteiger partial charge in [0.2, 0.25) is 0 Å². The molecule has 1 aromatic heterocycles. The van der Waals surface area contributed by atoms with Gasteiger partial charge in [0.05, 0.1) is 23.5 Å². The molecule has 0 aliphatic heterocycles. The third-order valence-electron chi connectivity index (χ3n) is 3.51. The summed E-state index contributed by atoms with van der Waals surface area (Å²) >= 11 is 0. The number of benzene rings is 2. The minimum absolute atomic E-state index is 0.675. The molecule has 4 heteroatoms. The first kappa shape index (κ1) is 13.9.